The standard InChI is InChI=1S/C6H13ClN2O4S/c1-4(2)5(6(10)13-3)8-9-14(7,11)12/h4-5,8-9H,1-3H3/t5-/m1/s1. The highest BCUT2D eigenvalue weighted by molar-refractivity contribution is 8.12. The van der Waals surface area contributed by atoms with E-state index in [0.717, 1.165) is 0 Å². The zero-order valence-electron chi connectivity index (χ0n) is 8.07. The Balaban J connectivity index is 4.33. The molecule has 0 aliphatic carbocycles. The van der Waals surface area contributed by atoms with Crippen molar-refractivity contribution >= 4 is 25.9 Å². The number of carbonyl (C=O) groups excluding carboxylic acids is 1. The molecule has 0 amide bonds. The summed E-state index contributed by atoms with van der Waals surface area (Å²) >= 11 is 0. The molecule has 0 rings (SSSR count). The Morgan fingerprint density at radius 1 is 1.43 bits per heavy atom. The molecule has 8 heteroatoms. The van der Waals surface area contributed by atoms with E-state index < -0.39 is 21.2 Å². The van der Waals surface area contributed by atoms with Gasteiger partial charge in [0.15, 0.2) is 0 Å². The van der Waals surface area contributed by atoms with Gasteiger partial charge in [-0.3, -0.25) is 4.79 Å². The van der Waals surface area contributed by atoms with Crippen LogP contribution in [0.1, 0.15) is 13.8 Å². The molecule has 0 unspecified atom stereocenters. The van der Waals surface area contributed by atoms with Crippen molar-refractivity contribution in [3.05, 3.63) is 0 Å². The normalized spacial score (nSPS) is 14.1. The molecule has 0 bridgehead atoms. The van der Waals surface area contributed by atoms with Crippen LogP contribution in [0.2, 0.25) is 0 Å². The lowest BCUT2D eigenvalue weighted by molar-refractivity contribution is -0.144. The van der Waals surface area contributed by atoms with E-state index in [1.165, 1.54) is 7.11 Å². The van der Waals surface area contributed by atoms with Gasteiger partial charge in [-0.25, -0.2) is 5.43 Å². The number of nitrogens with one attached hydrogen (secondary N) is 2. The molecule has 0 aromatic heterocycles. The summed E-state index contributed by atoms with van der Waals surface area (Å²) in [6.07, 6.45) is 0. The number of rotatable bonds is 5. The Morgan fingerprint density at radius 2 is 1.93 bits per heavy atom. The van der Waals surface area contributed by atoms with Crippen LogP contribution in [0.4, 0.5) is 0 Å². The summed E-state index contributed by atoms with van der Waals surface area (Å²) < 4.78 is 25.5. The van der Waals surface area contributed by atoms with Crippen molar-refractivity contribution in [2.24, 2.45) is 5.92 Å². The smallest absolute Gasteiger partial charge is 0.324 e. The van der Waals surface area contributed by atoms with Gasteiger partial charge < -0.3 is 4.74 Å². The van der Waals surface area contributed by atoms with E-state index in [2.05, 4.69) is 10.2 Å². The van der Waals surface area contributed by atoms with Crippen molar-refractivity contribution in [1.82, 2.24) is 10.3 Å². The van der Waals surface area contributed by atoms with Gasteiger partial charge >= 0.3 is 15.2 Å². The minimum absolute atomic E-state index is 0.131. The van der Waals surface area contributed by atoms with Crippen LogP contribution in [0, 0.1) is 5.92 Å². The summed E-state index contributed by atoms with van der Waals surface area (Å²) in [5.74, 6) is -0.693. The number of carbonyl (C=O) groups is 1. The van der Waals surface area contributed by atoms with Crippen molar-refractivity contribution in [2.75, 3.05) is 7.11 Å². The van der Waals surface area contributed by atoms with Crippen molar-refractivity contribution < 1.29 is 17.9 Å². The van der Waals surface area contributed by atoms with E-state index in [-0.39, 0.29) is 5.92 Å². The molecule has 0 aliphatic heterocycles. The van der Waals surface area contributed by atoms with Gasteiger partial charge in [-0.15, -0.1) is 4.83 Å². The first kappa shape index (κ1) is 13.6. The molecule has 14 heavy (non-hydrogen) atoms. The lowest BCUT2D eigenvalue weighted by Gasteiger charge is -2.18. The highest BCUT2D eigenvalue weighted by Crippen LogP contribution is 2.02. The van der Waals surface area contributed by atoms with Crippen molar-refractivity contribution in [3.63, 3.8) is 0 Å². The predicted octanol–water partition coefficient (Wildman–Crippen LogP) is -0.238. The van der Waals surface area contributed by atoms with Crippen LogP contribution in [0.5, 0.6) is 0 Å². The number of methoxy groups -OCH3 is 1. The fourth-order valence-corrected chi connectivity index (χ4v) is 1.16. The Kier molecular flexibility index (Phi) is 5.35. The van der Waals surface area contributed by atoms with Gasteiger partial charge in [0.05, 0.1) is 7.11 Å². The van der Waals surface area contributed by atoms with E-state index >= 15 is 0 Å². The number of halogens is 1. The van der Waals surface area contributed by atoms with Crippen molar-refractivity contribution in [3.8, 4) is 0 Å². The summed E-state index contributed by atoms with van der Waals surface area (Å²) in [4.78, 5) is 12.9. The maximum Gasteiger partial charge on any atom is 0.324 e. The SMILES string of the molecule is COC(=O)[C@H](NNS(=O)(=O)Cl)C(C)C. The zero-order chi connectivity index (χ0) is 11.4. The molecule has 6 nitrogen and oxygen atoms in total. The molecule has 0 saturated carbocycles. The minimum atomic E-state index is -3.89. The predicted molar refractivity (Wildman–Crippen MR) is 51.7 cm³/mol. The third-order valence-electron chi connectivity index (χ3n) is 1.46. The second kappa shape index (κ2) is 5.50. The number of hydrogen-bond acceptors (Lipinski definition) is 5. The fourth-order valence-electron chi connectivity index (χ4n) is 0.759. The summed E-state index contributed by atoms with van der Waals surface area (Å²) in [5.41, 5.74) is 2.27. The van der Waals surface area contributed by atoms with Crippen molar-refractivity contribution in [2.45, 2.75) is 19.9 Å². The number of hydrazine groups is 1. The summed E-state index contributed by atoms with van der Waals surface area (Å²) in [6.45, 7) is 3.47. The number of ether oxygens (including phenoxy) is 1. The first-order valence-corrected chi connectivity index (χ1v) is 6.13. The van der Waals surface area contributed by atoms with Crippen LogP contribution in [-0.4, -0.2) is 27.5 Å². The molecule has 84 valence electrons. The molecule has 0 fully saturated rings. The van der Waals surface area contributed by atoms with E-state index in [1.54, 1.807) is 18.7 Å². The molecule has 1 atom stereocenters. The molecular weight excluding hydrogens is 232 g/mol. The largest absolute Gasteiger partial charge is 0.468 e. The first-order valence-electron chi connectivity index (χ1n) is 3.82. The fraction of sp³-hybridized carbons (Fsp3) is 0.833. The summed E-state index contributed by atoms with van der Waals surface area (Å²) in [7, 11) is 2.20. The molecule has 0 spiro atoms. The highest BCUT2D eigenvalue weighted by Gasteiger charge is 2.23. The molecule has 0 radical (unpaired) electrons. The molecule has 0 saturated heterocycles. The van der Waals surface area contributed by atoms with Crippen LogP contribution in [0.15, 0.2) is 0 Å². The summed E-state index contributed by atoms with van der Waals surface area (Å²) in [5, 5.41) is 0. The van der Waals surface area contributed by atoms with Gasteiger partial charge in [-0.05, 0) is 5.92 Å². The van der Waals surface area contributed by atoms with Gasteiger partial charge in [-0.2, -0.15) is 8.42 Å². The van der Waals surface area contributed by atoms with Gasteiger partial charge in [0.1, 0.15) is 6.04 Å². The summed E-state index contributed by atoms with van der Waals surface area (Å²) in [6, 6.07) is -0.770. The first-order chi connectivity index (χ1) is 6.28. The van der Waals surface area contributed by atoms with Gasteiger partial charge in [-0.1, -0.05) is 13.8 Å². The molecule has 0 aliphatic rings. The van der Waals surface area contributed by atoms with Crippen LogP contribution in [-0.2, 0) is 18.8 Å². The second-order valence-corrected chi connectivity index (χ2v) is 5.23. The number of esters is 1. The van der Waals surface area contributed by atoms with Crippen LogP contribution in [0.3, 0.4) is 0 Å². The maximum atomic E-state index is 11.1. The monoisotopic (exact) mass is 244 g/mol. The molecule has 0 heterocycles. The topological polar surface area (TPSA) is 84.5 Å². The van der Waals surface area contributed by atoms with Crippen molar-refractivity contribution in [1.29, 1.82) is 0 Å². The van der Waals surface area contributed by atoms with E-state index in [9.17, 15) is 13.2 Å². The second-order valence-electron chi connectivity index (χ2n) is 2.93. The van der Waals surface area contributed by atoms with Gasteiger partial charge in [0.2, 0.25) is 0 Å². The third-order valence-corrected chi connectivity index (χ3v) is 2.05. The van der Waals surface area contributed by atoms with E-state index in [0.29, 0.717) is 0 Å². The average Bonchev–Trinajstić information content (AvgIpc) is 2.01. The average molecular weight is 245 g/mol. The van der Waals surface area contributed by atoms with Gasteiger partial charge in [0.25, 0.3) is 0 Å². The number of hydrogen-bond donors (Lipinski definition) is 2. The molecule has 0 aromatic carbocycles. The Bertz CT molecular complexity index is 290. The maximum absolute atomic E-state index is 11.1. The Labute approximate surface area is 87.5 Å². The van der Waals surface area contributed by atoms with Crippen LogP contribution in [0.25, 0.3) is 0 Å². The van der Waals surface area contributed by atoms with Gasteiger partial charge in [0, 0.05) is 10.7 Å². The zero-order valence-corrected chi connectivity index (χ0v) is 9.65. The lowest BCUT2D eigenvalue weighted by atomic mass is 10.1. The van der Waals surface area contributed by atoms with E-state index in [4.69, 9.17) is 10.7 Å². The highest BCUT2D eigenvalue weighted by atomic mass is 35.7. The Morgan fingerprint density at radius 3 is 2.21 bits per heavy atom. The molecule has 0 aromatic rings. The molecular formula is C6H13ClN2O4S. The van der Waals surface area contributed by atoms with E-state index in [1.807, 2.05) is 0 Å². The quantitative estimate of drug-likeness (QED) is 0.396. The lowest BCUT2D eigenvalue weighted by Crippen LogP contribution is -2.49. The van der Waals surface area contributed by atoms with Crippen LogP contribution < -0.4 is 10.3 Å². The Hall–Kier alpha value is -0.370. The third kappa shape index (κ3) is 5.38. The van der Waals surface area contributed by atoms with Crippen LogP contribution >= 0.6 is 10.7 Å². The molecule has 2 N–H and O–H groups in total. The minimum Gasteiger partial charge on any atom is -0.468 e.